The van der Waals surface area contributed by atoms with Crippen LogP contribution in [0.15, 0.2) is 39.5 Å². The molecule has 3 aromatic rings. The standard InChI is InChI=1S/C33H40O20/c1-11-20(38)23(41)25(43)30(49-11)47-8-18-21(39)24(42)28(53-32-29(44)33(45,9-34)10-48-32)31(51-18)52-27-22(40)19-15(37)6-13(35)7-17(19)50-26(27)12-3-4-16(46-2)14(36)5-12/h3-7,11,18,20-21,23-25,28-32,34-39,41-45H,8-10H2,1-2H3. The van der Waals surface area contributed by atoms with Crippen molar-refractivity contribution in [1.82, 2.24) is 0 Å². The van der Waals surface area contributed by atoms with Crippen LogP contribution < -0.4 is 14.9 Å². The summed E-state index contributed by atoms with van der Waals surface area (Å²) in [6.45, 7) is -0.837. The van der Waals surface area contributed by atoms with Crippen molar-refractivity contribution in [1.29, 1.82) is 0 Å². The van der Waals surface area contributed by atoms with Gasteiger partial charge in [-0.3, -0.25) is 4.79 Å². The van der Waals surface area contributed by atoms with Crippen LogP contribution in [0.25, 0.3) is 22.3 Å². The lowest BCUT2D eigenvalue weighted by molar-refractivity contribution is -0.335. The molecule has 3 saturated heterocycles. The van der Waals surface area contributed by atoms with Gasteiger partial charge in [-0.2, -0.15) is 0 Å². The van der Waals surface area contributed by atoms with E-state index in [-0.39, 0.29) is 16.9 Å². The zero-order chi connectivity index (χ0) is 38.5. The first-order valence-corrected chi connectivity index (χ1v) is 16.3. The van der Waals surface area contributed by atoms with Crippen LogP contribution in [0, 0.1) is 0 Å². The van der Waals surface area contributed by atoms with Gasteiger partial charge in [0.05, 0.1) is 33.0 Å². The number of rotatable bonds is 10. The summed E-state index contributed by atoms with van der Waals surface area (Å²) in [5, 5.41) is 115. The smallest absolute Gasteiger partial charge is 0.239 e. The molecule has 53 heavy (non-hydrogen) atoms. The lowest BCUT2D eigenvalue weighted by Crippen LogP contribution is -2.63. The molecule has 0 amide bonds. The van der Waals surface area contributed by atoms with E-state index < -0.39 is 139 Å². The summed E-state index contributed by atoms with van der Waals surface area (Å²) in [6.07, 6.45) is -20.4. The molecule has 0 radical (unpaired) electrons. The number of aromatic hydroxyl groups is 3. The van der Waals surface area contributed by atoms with Crippen LogP contribution in [-0.4, -0.2) is 163 Å². The number of benzene rings is 2. The van der Waals surface area contributed by atoms with Gasteiger partial charge in [0.2, 0.25) is 17.5 Å². The molecule has 3 fully saturated rings. The van der Waals surface area contributed by atoms with Gasteiger partial charge >= 0.3 is 0 Å². The van der Waals surface area contributed by atoms with Crippen LogP contribution in [-0.2, 0) is 23.7 Å². The molecule has 0 spiro atoms. The quantitative estimate of drug-likeness (QED) is 0.0987. The molecule has 20 nitrogen and oxygen atoms in total. The van der Waals surface area contributed by atoms with Crippen molar-refractivity contribution in [3.8, 4) is 40.1 Å². The number of phenolic OH excluding ortho intramolecular Hbond substituents is 3. The van der Waals surface area contributed by atoms with Gasteiger partial charge in [-0.1, -0.05) is 0 Å². The Balaban J connectivity index is 1.40. The Morgan fingerprint density at radius 2 is 1.60 bits per heavy atom. The van der Waals surface area contributed by atoms with Gasteiger partial charge in [0.25, 0.3) is 0 Å². The van der Waals surface area contributed by atoms with Gasteiger partial charge in [0.1, 0.15) is 70.8 Å². The van der Waals surface area contributed by atoms with E-state index in [1.54, 1.807) is 0 Å². The Morgan fingerprint density at radius 1 is 0.868 bits per heavy atom. The fourth-order valence-electron chi connectivity index (χ4n) is 6.20. The van der Waals surface area contributed by atoms with E-state index in [1.165, 1.54) is 26.2 Å². The number of hydrogen-bond donors (Lipinski definition) is 11. The minimum atomic E-state index is -2.18. The van der Waals surface area contributed by atoms with Crippen LogP contribution in [0.5, 0.6) is 28.7 Å². The van der Waals surface area contributed by atoms with Crippen LogP contribution >= 0.6 is 0 Å². The predicted molar refractivity (Wildman–Crippen MR) is 172 cm³/mol. The highest BCUT2D eigenvalue weighted by Crippen LogP contribution is 2.40. The van der Waals surface area contributed by atoms with Crippen molar-refractivity contribution in [2.24, 2.45) is 0 Å². The summed E-state index contributed by atoms with van der Waals surface area (Å²) in [4.78, 5) is 14.1. The molecule has 6 rings (SSSR count). The van der Waals surface area contributed by atoms with E-state index in [0.717, 1.165) is 18.2 Å². The molecule has 11 N–H and O–H groups in total. The maximum absolute atomic E-state index is 14.1. The van der Waals surface area contributed by atoms with E-state index in [0.29, 0.717) is 0 Å². The van der Waals surface area contributed by atoms with E-state index in [9.17, 15) is 61.0 Å². The second-order valence-corrected chi connectivity index (χ2v) is 13.0. The minimum Gasteiger partial charge on any atom is -0.508 e. The summed E-state index contributed by atoms with van der Waals surface area (Å²) < 4.78 is 45.0. The fourth-order valence-corrected chi connectivity index (χ4v) is 6.20. The monoisotopic (exact) mass is 756 g/mol. The number of aliphatic hydroxyl groups excluding tert-OH is 7. The van der Waals surface area contributed by atoms with Crippen molar-refractivity contribution in [2.75, 3.05) is 26.9 Å². The molecule has 3 aliphatic heterocycles. The van der Waals surface area contributed by atoms with Gasteiger partial charge in [-0.15, -0.1) is 0 Å². The van der Waals surface area contributed by atoms with Crippen molar-refractivity contribution < 1.29 is 93.7 Å². The Hall–Kier alpha value is -3.87. The molecule has 1 aromatic heterocycles. The lowest BCUT2D eigenvalue weighted by atomic mass is 9.97. The first kappa shape index (κ1) is 38.8. The van der Waals surface area contributed by atoms with Gasteiger partial charge in [-0.05, 0) is 25.1 Å². The molecule has 20 heteroatoms. The molecule has 4 heterocycles. The minimum absolute atomic E-state index is 0.00487. The van der Waals surface area contributed by atoms with Gasteiger partial charge in [0.15, 0.2) is 35.9 Å². The number of aliphatic hydroxyl groups is 8. The number of phenols is 3. The van der Waals surface area contributed by atoms with Crippen LogP contribution in [0.3, 0.4) is 0 Å². The summed E-state index contributed by atoms with van der Waals surface area (Å²) in [6, 6.07) is 5.73. The van der Waals surface area contributed by atoms with Crippen molar-refractivity contribution in [2.45, 2.75) is 86.3 Å². The van der Waals surface area contributed by atoms with Crippen LogP contribution in [0.2, 0.25) is 0 Å². The maximum atomic E-state index is 14.1. The second kappa shape index (κ2) is 15.1. The predicted octanol–water partition coefficient (Wildman–Crippen LogP) is -2.92. The maximum Gasteiger partial charge on any atom is 0.239 e. The molecular formula is C33H40O20. The molecule has 13 atom stereocenters. The third kappa shape index (κ3) is 7.22. The van der Waals surface area contributed by atoms with E-state index in [4.69, 9.17) is 37.6 Å². The van der Waals surface area contributed by atoms with Crippen molar-refractivity contribution in [3.05, 3.63) is 40.6 Å². The summed E-state index contributed by atoms with van der Waals surface area (Å²) in [5.74, 6) is -2.68. The zero-order valence-corrected chi connectivity index (χ0v) is 28.0. The van der Waals surface area contributed by atoms with Crippen LogP contribution in [0.4, 0.5) is 0 Å². The molecule has 0 aliphatic carbocycles. The highest BCUT2D eigenvalue weighted by Gasteiger charge is 2.54. The zero-order valence-electron chi connectivity index (χ0n) is 28.0. The molecular weight excluding hydrogens is 716 g/mol. The van der Waals surface area contributed by atoms with E-state index in [1.807, 2.05) is 0 Å². The third-order valence-corrected chi connectivity index (χ3v) is 9.34. The first-order chi connectivity index (χ1) is 25.1. The lowest BCUT2D eigenvalue weighted by Gasteiger charge is -2.44. The Morgan fingerprint density at radius 3 is 2.26 bits per heavy atom. The second-order valence-electron chi connectivity index (χ2n) is 13.0. The normalized spacial score (nSPS) is 36.1. The van der Waals surface area contributed by atoms with Crippen molar-refractivity contribution in [3.63, 3.8) is 0 Å². The van der Waals surface area contributed by atoms with E-state index in [2.05, 4.69) is 0 Å². The first-order valence-electron chi connectivity index (χ1n) is 16.3. The van der Waals surface area contributed by atoms with Gasteiger partial charge < -0.3 is 93.7 Å². The molecule has 3 aliphatic rings. The molecule has 2 aromatic carbocycles. The SMILES string of the molecule is COc1ccc(-c2oc3cc(O)cc(O)c3c(=O)c2OC2OC(COC3OC(C)C(O)C(O)C3O)C(O)C(O)C2OC2OCC(O)(CO)C2O)cc1O. The molecule has 13 unspecified atom stereocenters. The largest absolute Gasteiger partial charge is 0.508 e. The number of hydrogen-bond acceptors (Lipinski definition) is 20. The number of fused-ring (bicyclic) bond motifs is 1. The summed E-state index contributed by atoms with van der Waals surface area (Å²) >= 11 is 0. The Labute approximate surface area is 298 Å². The Bertz CT molecular complexity index is 1830. The number of methoxy groups -OCH3 is 1. The van der Waals surface area contributed by atoms with Gasteiger partial charge in [0, 0.05) is 17.7 Å². The topological polar surface area (TPSA) is 317 Å². The summed E-state index contributed by atoms with van der Waals surface area (Å²) in [5.41, 5.74) is -3.56. The molecule has 292 valence electrons. The highest BCUT2D eigenvalue weighted by molar-refractivity contribution is 5.88. The molecule has 0 bridgehead atoms. The highest BCUT2D eigenvalue weighted by atomic mass is 16.8. The van der Waals surface area contributed by atoms with Crippen LogP contribution in [0.1, 0.15) is 6.92 Å². The number of ether oxygens (including phenoxy) is 7. The van der Waals surface area contributed by atoms with E-state index >= 15 is 0 Å². The fraction of sp³-hybridized carbons (Fsp3) is 0.545. The summed E-state index contributed by atoms with van der Waals surface area (Å²) in [7, 11) is 1.30. The average Bonchev–Trinajstić information content (AvgIpc) is 3.41. The molecule has 0 saturated carbocycles. The third-order valence-electron chi connectivity index (χ3n) is 9.34. The average molecular weight is 757 g/mol. The van der Waals surface area contributed by atoms with Gasteiger partial charge in [-0.25, -0.2) is 0 Å². The van der Waals surface area contributed by atoms with Crippen molar-refractivity contribution >= 4 is 11.0 Å². The Kier molecular flexibility index (Phi) is 11.1.